The van der Waals surface area contributed by atoms with Gasteiger partial charge in [0.15, 0.2) is 11.9 Å². The SMILES string of the molecule is COC(=O)[C@@H](C)Oc1ccc(C=Nn2c(-c3cccc(C(F)(F)F)c3)nc3ccccc3c2=O)cc1Cl. The third-order valence-corrected chi connectivity index (χ3v) is 5.61. The van der Waals surface area contributed by atoms with Crippen LogP contribution in [-0.4, -0.2) is 35.1 Å². The van der Waals surface area contributed by atoms with Crippen molar-refractivity contribution in [2.75, 3.05) is 7.11 Å². The van der Waals surface area contributed by atoms with Gasteiger partial charge < -0.3 is 9.47 Å². The Morgan fingerprint density at radius 2 is 1.86 bits per heavy atom. The van der Waals surface area contributed by atoms with E-state index in [0.29, 0.717) is 11.1 Å². The first-order valence-electron chi connectivity index (χ1n) is 10.9. The van der Waals surface area contributed by atoms with E-state index in [0.717, 1.165) is 16.8 Å². The Morgan fingerprint density at radius 1 is 1.11 bits per heavy atom. The summed E-state index contributed by atoms with van der Waals surface area (Å²) in [4.78, 5) is 29.3. The van der Waals surface area contributed by atoms with Gasteiger partial charge >= 0.3 is 12.1 Å². The number of benzene rings is 3. The van der Waals surface area contributed by atoms with Gasteiger partial charge in [0.05, 0.1) is 34.8 Å². The highest BCUT2D eigenvalue weighted by molar-refractivity contribution is 6.32. The van der Waals surface area contributed by atoms with Gasteiger partial charge in [0.25, 0.3) is 5.56 Å². The van der Waals surface area contributed by atoms with E-state index in [2.05, 4.69) is 14.8 Å². The van der Waals surface area contributed by atoms with Crippen molar-refractivity contribution < 1.29 is 27.4 Å². The normalized spacial score (nSPS) is 12.6. The summed E-state index contributed by atoms with van der Waals surface area (Å²) in [5.41, 5.74) is -0.610. The van der Waals surface area contributed by atoms with Crippen LogP contribution >= 0.6 is 11.6 Å². The maximum absolute atomic E-state index is 13.3. The molecule has 1 atom stereocenters. The summed E-state index contributed by atoms with van der Waals surface area (Å²) in [6.45, 7) is 1.51. The molecule has 0 amide bonds. The smallest absolute Gasteiger partial charge is 0.416 e. The van der Waals surface area contributed by atoms with Crippen molar-refractivity contribution in [3.63, 3.8) is 0 Å². The molecule has 4 rings (SSSR count). The lowest BCUT2D eigenvalue weighted by atomic mass is 10.1. The molecule has 1 heterocycles. The summed E-state index contributed by atoms with van der Waals surface area (Å²) in [6.07, 6.45) is -4.15. The molecule has 1 aromatic heterocycles. The fourth-order valence-electron chi connectivity index (χ4n) is 3.47. The summed E-state index contributed by atoms with van der Waals surface area (Å²) in [7, 11) is 1.24. The number of rotatable bonds is 6. The minimum Gasteiger partial charge on any atom is -0.477 e. The zero-order valence-electron chi connectivity index (χ0n) is 19.5. The molecule has 0 spiro atoms. The van der Waals surface area contributed by atoms with E-state index in [1.54, 1.807) is 30.3 Å². The third kappa shape index (κ3) is 5.64. The molecule has 7 nitrogen and oxygen atoms in total. The van der Waals surface area contributed by atoms with Crippen LogP contribution in [0.4, 0.5) is 13.2 Å². The largest absolute Gasteiger partial charge is 0.477 e. The maximum Gasteiger partial charge on any atom is 0.416 e. The Kier molecular flexibility index (Phi) is 7.30. The number of hydrogen-bond acceptors (Lipinski definition) is 6. The predicted octanol–water partition coefficient (Wildman–Crippen LogP) is 5.56. The van der Waals surface area contributed by atoms with Gasteiger partial charge in [0.2, 0.25) is 0 Å². The summed E-state index contributed by atoms with van der Waals surface area (Å²) in [6, 6.07) is 15.6. The first-order chi connectivity index (χ1) is 17.6. The van der Waals surface area contributed by atoms with Crippen molar-refractivity contribution in [2.45, 2.75) is 19.2 Å². The number of carbonyl (C=O) groups excluding carboxylic acids is 1. The van der Waals surface area contributed by atoms with Crippen molar-refractivity contribution in [3.05, 3.63) is 93.2 Å². The molecule has 0 aliphatic rings. The molecule has 0 aliphatic heterocycles. The molecule has 11 heteroatoms. The standard InChI is InChI=1S/C26H19ClF3N3O4/c1-15(25(35)36-2)37-22-11-10-16(12-20(22)27)14-31-33-23(17-6-5-7-18(13-17)26(28,29)30)32-21-9-4-3-8-19(21)24(33)34/h3-15H,1-2H3/t15-/m1/s1. The van der Waals surface area contributed by atoms with Crippen LogP contribution < -0.4 is 10.3 Å². The van der Waals surface area contributed by atoms with Crippen molar-refractivity contribution in [2.24, 2.45) is 5.10 Å². The molecule has 37 heavy (non-hydrogen) atoms. The van der Waals surface area contributed by atoms with Gasteiger partial charge in [-0.1, -0.05) is 35.9 Å². The molecule has 0 saturated carbocycles. The molecular weight excluding hydrogens is 511 g/mol. The molecule has 0 bridgehead atoms. The number of carbonyl (C=O) groups is 1. The fraction of sp³-hybridized carbons (Fsp3) is 0.154. The zero-order valence-corrected chi connectivity index (χ0v) is 20.2. The van der Waals surface area contributed by atoms with Gasteiger partial charge in [-0.3, -0.25) is 4.79 Å². The Hall–Kier alpha value is -4.18. The van der Waals surface area contributed by atoms with E-state index in [1.807, 2.05) is 0 Å². The minimum absolute atomic E-state index is 0.0633. The lowest BCUT2D eigenvalue weighted by molar-refractivity contribution is -0.147. The molecule has 190 valence electrons. The highest BCUT2D eigenvalue weighted by Crippen LogP contribution is 2.32. The third-order valence-electron chi connectivity index (χ3n) is 5.32. The van der Waals surface area contributed by atoms with Crippen molar-refractivity contribution in [3.8, 4) is 17.1 Å². The number of fused-ring (bicyclic) bond motifs is 1. The molecule has 0 radical (unpaired) electrons. The van der Waals surface area contributed by atoms with Gasteiger partial charge in [-0.25, -0.2) is 9.78 Å². The van der Waals surface area contributed by atoms with Crippen LogP contribution in [0.3, 0.4) is 0 Å². The van der Waals surface area contributed by atoms with Crippen molar-refractivity contribution in [1.29, 1.82) is 0 Å². The van der Waals surface area contributed by atoms with Gasteiger partial charge in [0.1, 0.15) is 5.75 Å². The summed E-state index contributed by atoms with van der Waals surface area (Å²) >= 11 is 6.27. The van der Waals surface area contributed by atoms with Crippen LogP contribution in [-0.2, 0) is 15.7 Å². The highest BCUT2D eigenvalue weighted by atomic mass is 35.5. The average molecular weight is 530 g/mol. The molecule has 0 unspecified atom stereocenters. The van der Waals surface area contributed by atoms with Crippen molar-refractivity contribution in [1.82, 2.24) is 9.66 Å². The summed E-state index contributed by atoms with van der Waals surface area (Å²) in [5, 5.41) is 4.64. The molecular formula is C26H19ClF3N3O4. The van der Waals surface area contributed by atoms with E-state index >= 15 is 0 Å². The second-order valence-electron chi connectivity index (χ2n) is 7.87. The Balaban J connectivity index is 1.77. The number of alkyl halides is 3. The number of methoxy groups -OCH3 is 1. The summed E-state index contributed by atoms with van der Waals surface area (Å²) < 4.78 is 51.1. The van der Waals surface area contributed by atoms with Crippen LogP contribution in [0, 0.1) is 0 Å². The van der Waals surface area contributed by atoms with Gasteiger partial charge in [0, 0.05) is 5.56 Å². The van der Waals surface area contributed by atoms with Crippen LogP contribution in [0.2, 0.25) is 5.02 Å². The van der Waals surface area contributed by atoms with E-state index < -0.39 is 29.4 Å². The number of para-hydroxylation sites is 1. The Bertz CT molecular complexity index is 1570. The summed E-state index contributed by atoms with van der Waals surface area (Å²) in [5.74, 6) is -0.415. The van der Waals surface area contributed by atoms with Gasteiger partial charge in [-0.2, -0.15) is 22.9 Å². The second-order valence-corrected chi connectivity index (χ2v) is 8.27. The predicted molar refractivity (Wildman–Crippen MR) is 133 cm³/mol. The quantitative estimate of drug-likeness (QED) is 0.241. The first-order valence-corrected chi connectivity index (χ1v) is 11.2. The van der Waals surface area contributed by atoms with Crippen LogP contribution in [0.15, 0.2) is 76.6 Å². The number of ether oxygens (including phenoxy) is 2. The molecule has 0 saturated heterocycles. The average Bonchev–Trinajstić information content (AvgIpc) is 2.88. The van der Waals surface area contributed by atoms with E-state index in [9.17, 15) is 22.8 Å². The monoisotopic (exact) mass is 529 g/mol. The number of halogens is 4. The van der Waals surface area contributed by atoms with E-state index in [1.165, 1.54) is 44.5 Å². The number of aromatic nitrogens is 2. The highest BCUT2D eigenvalue weighted by Gasteiger charge is 2.31. The maximum atomic E-state index is 13.3. The second kappa shape index (κ2) is 10.4. The lowest BCUT2D eigenvalue weighted by Crippen LogP contribution is -2.25. The first kappa shape index (κ1) is 25.9. The Labute approximate surface area is 213 Å². The zero-order chi connectivity index (χ0) is 26.7. The number of esters is 1. The molecule has 3 aromatic carbocycles. The molecule has 0 N–H and O–H groups in total. The van der Waals surface area contributed by atoms with Gasteiger partial charge in [-0.05, 0) is 55.0 Å². The van der Waals surface area contributed by atoms with Crippen LogP contribution in [0.5, 0.6) is 5.75 Å². The van der Waals surface area contributed by atoms with E-state index in [-0.39, 0.29) is 27.5 Å². The van der Waals surface area contributed by atoms with Crippen LogP contribution in [0.25, 0.3) is 22.3 Å². The minimum atomic E-state index is -4.58. The van der Waals surface area contributed by atoms with E-state index in [4.69, 9.17) is 16.3 Å². The lowest BCUT2D eigenvalue weighted by Gasteiger charge is -2.14. The molecule has 4 aromatic rings. The topological polar surface area (TPSA) is 82.8 Å². The van der Waals surface area contributed by atoms with Gasteiger partial charge in [-0.15, -0.1) is 0 Å². The number of hydrogen-bond donors (Lipinski definition) is 0. The van der Waals surface area contributed by atoms with Crippen molar-refractivity contribution >= 4 is 34.7 Å². The van der Waals surface area contributed by atoms with Crippen LogP contribution in [0.1, 0.15) is 18.1 Å². The Morgan fingerprint density at radius 3 is 2.57 bits per heavy atom. The molecule has 0 aliphatic carbocycles. The number of nitrogens with zero attached hydrogens (tertiary/aromatic N) is 3. The molecule has 0 fully saturated rings. The fourth-order valence-corrected chi connectivity index (χ4v) is 3.71.